The maximum atomic E-state index is 14.2. The summed E-state index contributed by atoms with van der Waals surface area (Å²) in [4.78, 5) is 10.2. The van der Waals surface area contributed by atoms with Crippen molar-refractivity contribution in [3.05, 3.63) is 63.5 Å². The zero-order valence-corrected chi connectivity index (χ0v) is 16.6. The Bertz CT molecular complexity index is 1060. The fourth-order valence-corrected chi connectivity index (χ4v) is 7.25. The van der Waals surface area contributed by atoms with Crippen LogP contribution in [0.3, 0.4) is 0 Å². The van der Waals surface area contributed by atoms with Crippen molar-refractivity contribution in [1.82, 2.24) is 0 Å². The summed E-state index contributed by atoms with van der Waals surface area (Å²) in [5, 5.41) is 20.9. The van der Waals surface area contributed by atoms with Gasteiger partial charge < -0.3 is 9.84 Å². The lowest BCUT2D eigenvalue weighted by molar-refractivity contribution is -0.387. The highest BCUT2D eigenvalue weighted by Gasteiger charge is 2.68. The van der Waals surface area contributed by atoms with Crippen molar-refractivity contribution in [3.63, 3.8) is 0 Å². The lowest BCUT2D eigenvalue weighted by Crippen LogP contribution is -2.46. The minimum absolute atomic E-state index is 0.0844. The van der Waals surface area contributed by atoms with Gasteiger partial charge in [-0.1, -0.05) is 6.07 Å². The molecule has 2 aromatic carbocycles. The number of hydrogen-bond donors (Lipinski definition) is 1. The Kier molecular flexibility index (Phi) is 3.75. The molecular weight excluding hydrogens is 385 g/mol. The van der Waals surface area contributed by atoms with Gasteiger partial charge >= 0.3 is 5.69 Å². The number of hydrogen-bond acceptors (Lipinski definition) is 4. The highest BCUT2D eigenvalue weighted by molar-refractivity contribution is 5.43. The molecule has 0 heterocycles. The van der Waals surface area contributed by atoms with Crippen molar-refractivity contribution >= 4 is 5.69 Å². The minimum atomic E-state index is -0.861. The van der Waals surface area contributed by atoms with Gasteiger partial charge in [-0.2, -0.15) is 4.39 Å². The fourth-order valence-electron chi connectivity index (χ4n) is 7.25. The average molecular weight is 409 g/mol. The fraction of sp³-hybridized carbons (Fsp3) is 0.500. The Morgan fingerprint density at radius 3 is 2.77 bits per heavy atom. The number of nitro benzene ring substituents is 1. The summed E-state index contributed by atoms with van der Waals surface area (Å²) in [5.41, 5.74) is 2.27. The summed E-state index contributed by atoms with van der Waals surface area (Å²) < 4.78 is 20.6. The zero-order valence-electron chi connectivity index (χ0n) is 16.6. The molecule has 3 saturated carbocycles. The molecule has 4 unspecified atom stereocenters. The molecule has 6 rings (SSSR count). The van der Waals surface area contributed by atoms with Crippen LogP contribution in [0.2, 0.25) is 0 Å². The molecule has 156 valence electrons. The molecule has 1 N–H and O–H groups in total. The predicted octanol–water partition coefficient (Wildman–Crippen LogP) is 5.35. The van der Waals surface area contributed by atoms with Crippen molar-refractivity contribution in [2.24, 2.45) is 23.2 Å². The van der Waals surface area contributed by atoms with Crippen LogP contribution in [-0.2, 0) is 6.42 Å². The van der Waals surface area contributed by atoms with E-state index in [9.17, 15) is 19.6 Å². The van der Waals surface area contributed by atoms with E-state index in [0.717, 1.165) is 37.2 Å². The smallest absolute Gasteiger partial charge is 0.305 e. The van der Waals surface area contributed by atoms with Crippen LogP contribution in [0.4, 0.5) is 10.1 Å². The standard InChI is InChI=1S/C24H24FNO4/c25-20-10-16(4-8-21(20)26(28)29)30-22-12-24-11-14(24)2-7-19(24)18-5-1-13-9-15(27)3-6-17(13)23(18)22/h3-4,6,8-10,14,18-19,22-23,27H,1-2,5,7,11-12H2/t14?,18?,19?,22-,23+,24?/m0/s1. The quantitative estimate of drug-likeness (QED) is 0.548. The van der Waals surface area contributed by atoms with Crippen molar-refractivity contribution in [3.8, 4) is 11.5 Å². The van der Waals surface area contributed by atoms with Crippen LogP contribution in [0.15, 0.2) is 36.4 Å². The normalized spacial score (nSPS) is 35.6. The van der Waals surface area contributed by atoms with Gasteiger partial charge in [-0.3, -0.25) is 10.1 Å². The summed E-state index contributed by atoms with van der Waals surface area (Å²) in [6, 6.07) is 9.51. The van der Waals surface area contributed by atoms with Crippen molar-refractivity contribution < 1.29 is 19.2 Å². The summed E-state index contributed by atoms with van der Waals surface area (Å²) in [6.07, 6.45) is 6.81. The lowest BCUT2D eigenvalue weighted by atomic mass is 9.57. The lowest BCUT2D eigenvalue weighted by Gasteiger charge is -2.49. The molecule has 4 aliphatic carbocycles. The van der Waals surface area contributed by atoms with E-state index < -0.39 is 16.4 Å². The van der Waals surface area contributed by atoms with Gasteiger partial charge in [0.25, 0.3) is 0 Å². The molecule has 0 saturated heterocycles. The number of nitro groups is 1. The third kappa shape index (κ3) is 2.52. The molecule has 6 atom stereocenters. The number of halogens is 1. The number of nitrogens with zero attached hydrogens (tertiary/aromatic N) is 1. The van der Waals surface area contributed by atoms with Crippen LogP contribution in [0.5, 0.6) is 11.5 Å². The Labute approximate surface area is 174 Å². The molecule has 0 radical (unpaired) electrons. The molecule has 3 fully saturated rings. The number of phenolic OH excluding ortho intramolecular Hbond substituents is 1. The number of benzene rings is 2. The first kappa shape index (κ1) is 18.2. The van der Waals surface area contributed by atoms with E-state index in [-0.39, 0.29) is 17.8 Å². The molecule has 30 heavy (non-hydrogen) atoms. The molecule has 5 nitrogen and oxygen atoms in total. The summed E-state index contributed by atoms with van der Waals surface area (Å²) in [7, 11) is 0. The summed E-state index contributed by atoms with van der Waals surface area (Å²) in [5.74, 6) is 2.06. The molecule has 1 spiro atoms. The van der Waals surface area contributed by atoms with E-state index in [1.807, 2.05) is 12.1 Å². The molecule has 0 bridgehead atoms. The molecule has 6 heteroatoms. The van der Waals surface area contributed by atoms with Gasteiger partial charge in [0, 0.05) is 18.1 Å². The zero-order chi connectivity index (χ0) is 20.6. The minimum Gasteiger partial charge on any atom is -0.508 e. The van der Waals surface area contributed by atoms with Crippen LogP contribution in [-0.4, -0.2) is 16.1 Å². The van der Waals surface area contributed by atoms with E-state index in [4.69, 9.17) is 4.74 Å². The van der Waals surface area contributed by atoms with Gasteiger partial charge in [0.1, 0.15) is 17.6 Å². The van der Waals surface area contributed by atoms with Gasteiger partial charge in [-0.25, -0.2) is 0 Å². The Hall–Kier alpha value is -2.63. The van der Waals surface area contributed by atoms with E-state index in [2.05, 4.69) is 0 Å². The first-order valence-electron chi connectivity index (χ1n) is 10.9. The van der Waals surface area contributed by atoms with Crippen molar-refractivity contribution in [2.75, 3.05) is 0 Å². The molecule has 4 aliphatic rings. The highest BCUT2D eigenvalue weighted by Crippen LogP contribution is 2.75. The van der Waals surface area contributed by atoms with E-state index in [1.54, 1.807) is 6.07 Å². The van der Waals surface area contributed by atoms with Crippen LogP contribution >= 0.6 is 0 Å². The Morgan fingerprint density at radius 1 is 1.13 bits per heavy atom. The third-order valence-electron chi connectivity index (χ3n) is 8.44. The number of rotatable bonds is 3. The first-order chi connectivity index (χ1) is 14.5. The third-order valence-corrected chi connectivity index (χ3v) is 8.44. The SMILES string of the molecule is O=[N+]([O-])c1ccc(O[C@H]2CC34CC3CCC4C3CCc4cc(O)ccc4[C@H]32)cc1F. The Balaban J connectivity index is 1.38. The van der Waals surface area contributed by atoms with Crippen LogP contribution in [0, 0.1) is 39.1 Å². The van der Waals surface area contributed by atoms with Gasteiger partial charge in [0.05, 0.1) is 4.92 Å². The molecule has 0 aromatic heterocycles. The monoisotopic (exact) mass is 409 g/mol. The number of aromatic hydroxyl groups is 1. The topological polar surface area (TPSA) is 72.6 Å². The second-order valence-electron chi connectivity index (χ2n) is 9.66. The van der Waals surface area contributed by atoms with Crippen molar-refractivity contribution in [2.45, 2.75) is 50.5 Å². The average Bonchev–Trinajstić information content (AvgIpc) is 3.27. The number of ether oxygens (including phenoxy) is 1. The van der Waals surface area contributed by atoms with E-state index >= 15 is 0 Å². The van der Waals surface area contributed by atoms with Gasteiger partial charge in [0.15, 0.2) is 0 Å². The summed E-state index contributed by atoms with van der Waals surface area (Å²) in [6.45, 7) is 0. The summed E-state index contributed by atoms with van der Waals surface area (Å²) >= 11 is 0. The first-order valence-corrected chi connectivity index (χ1v) is 10.9. The molecule has 2 aromatic rings. The van der Waals surface area contributed by atoms with Crippen LogP contribution in [0.1, 0.15) is 49.1 Å². The largest absolute Gasteiger partial charge is 0.508 e. The maximum absolute atomic E-state index is 14.2. The van der Waals surface area contributed by atoms with Gasteiger partial charge in [-0.05, 0) is 91.0 Å². The second kappa shape index (κ2) is 6.19. The van der Waals surface area contributed by atoms with Gasteiger partial charge in [0.2, 0.25) is 5.82 Å². The Morgan fingerprint density at radius 2 is 2.00 bits per heavy atom. The van der Waals surface area contributed by atoms with Crippen molar-refractivity contribution in [1.29, 1.82) is 0 Å². The number of phenols is 1. The van der Waals surface area contributed by atoms with Crippen LogP contribution < -0.4 is 4.74 Å². The predicted molar refractivity (Wildman–Crippen MR) is 108 cm³/mol. The van der Waals surface area contributed by atoms with Gasteiger partial charge in [-0.15, -0.1) is 0 Å². The van der Waals surface area contributed by atoms with E-state index in [1.165, 1.54) is 42.5 Å². The number of fused-ring (bicyclic) bond motifs is 4. The highest BCUT2D eigenvalue weighted by atomic mass is 19.1. The number of aryl methyl sites for hydroxylation is 1. The molecule has 0 aliphatic heterocycles. The van der Waals surface area contributed by atoms with Crippen LogP contribution in [0.25, 0.3) is 0 Å². The van der Waals surface area contributed by atoms with E-state index in [0.29, 0.717) is 17.1 Å². The molecular formula is C24H24FNO4. The second-order valence-corrected chi connectivity index (χ2v) is 9.66. The maximum Gasteiger partial charge on any atom is 0.305 e. The molecule has 0 amide bonds.